The lowest BCUT2D eigenvalue weighted by molar-refractivity contribution is -0.113. The number of amides is 1. The Balaban J connectivity index is 1.80. The summed E-state index contributed by atoms with van der Waals surface area (Å²) < 4.78 is 5.61. The lowest BCUT2D eigenvalue weighted by atomic mass is 10.2. The molecule has 2 rings (SSSR count). The molecule has 2 aromatic carbocycles. The molecule has 3 nitrogen and oxygen atoms in total. The maximum atomic E-state index is 12.0. The normalized spacial score (nSPS) is 10.3. The van der Waals surface area contributed by atoms with Gasteiger partial charge in [-0.25, -0.2) is 0 Å². The predicted molar refractivity (Wildman–Crippen MR) is 97.4 cm³/mol. The maximum Gasteiger partial charge on any atom is 0.234 e. The van der Waals surface area contributed by atoms with Crippen LogP contribution in [-0.2, 0) is 4.79 Å². The van der Waals surface area contributed by atoms with Crippen molar-refractivity contribution in [1.29, 1.82) is 0 Å². The van der Waals surface area contributed by atoms with Crippen molar-refractivity contribution in [2.24, 2.45) is 0 Å². The highest BCUT2D eigenvalue weighted by Crippen LogP contribution is 2.22. The van der Waals surface area contributed by atoms with Crippen LogP contribution >= 0.6 is 11.8 Å². The first-order valence-electron chi connectivity index (χ1n) is 7.90. The molecule has 0 aliphatic heterocycles. The first kappa shape index (κ1) is 17.4. The van der Waals surface area contributed by atoms with Crippen LogP contribution in [0.2, 0.25) is 0 Å². The summed E-state index contributed by atoms with van der Waals surface area (Å²) in [6.07, 6.45) is 2.17. The fraction of sp³-hybridized carbons (Fsp3) is 0.316. The number of carbonyl (C=O) groups is 1. The molecule has 0 bridgehead atoms. The van der Waals surface area contributed by atoms with E-state index in [1.165, 1.54) is 5.56 Å². The molecule has 4 heteroatoms. The Bertz CT molecular complexity index is 626. The van der Waals surface area contributed by atoms with Crippen LogP contribution in [0.3, 0.4) is 0 Å². The fourth-order valence-electron chi connectivity index (χ4n) is 2.03. The molecule has 0 spiro atoms. The third-order valence-corrected chi connectivity index (χ3v) is 4.53. The molecule has 0 fully saturated rings. The summed E-state index contributed by atoms with van der Waals surface area (Å²) in [5.74, 6) is 1.24. The van der Waals surface area contributed by atoms with E-state index in [1.54, 1.807) is 11.8 Å². The van der Waals surface area contributed by atoms with Crippen molar-refractivity contribution in [3.63, 3.8) is 0 Å². The van der Waals surface area contributed by atoms with Crippen molar-refractivity contribution in [2.75, 3.05) is 17.7 Å². The second kappa shape index (κ2) is 9.26. The third-order valence-electron chi connectivity index (χ3n) is 3.36. The molecular weight excluding hydrogens is 306 g/mol. The van der Waals surface area contributed by atoms with Crippen LogP contribution in [-0.4, -0.2) is 18.3 Å². The van der Waals surface area contributed by atoms with Gasteiger partial charge in [0.1, 0.15) is 5.75 Å². The van der Waals surface area contributed by atoms with Gasteiger partial charge in [-0.2, -0.15) is 0 Å². The molecule has 2 aromatic rings. The molecule has 0 saturated carbocycles. The lowest BCUT2D eigenvalue weighted by Gasteiger charge is -2.08. The maximum absolute atomic E-state index is 12.0. The smallest absolute Gasteiger partial charge is 0.234 e. The van der Waals surface area contributed by atoms with Gasteiger partial charge in [0.25, 0.3) is 0 Å². The van der Waals surface area contributed by atoms with Crippen LogP contribution in [0.1, 0.15) is 25.3 Å². The van der Waals surface area contributed by atoms with E-state index in [9.17, 15) is 4.79 Å². The number of anilines is 1. The second-order valence-corrected chi connectivity index (χ2v) is 6.35. The van der Waals surface area contributed by atoms with E-state index in [-0.39, 0.29) is 5.91 Å². The van der Waals surface area contributed by atoms with E-state index >= 15 is 0 Å². The topological polar surface area (TPSA) is 38.3 Å². The molecule has 1 amide bonds. The predicted octanol–water partition coefficient (Wildman–Crippen LogP) is 4.90. The lowest BCUT2D eigenvalue weighted by Crippen LogP contribution is -2.14. The molecule has 0 aliphatic rings. The van der Waals surface area contributed by atoms with Crippen LogP contribution in [0, 0.1) is 6.92 Å². The highest BCUT2D eigenvalue weighted by Gasteiger charge is 2.05. The second-order valence-electron chi connectivity index (χ2n) is 5.33. The Morgan fingerprint density at radius 3 is 2.57 bits per heavy atom. The molecular formula is C19H23NO2S. The number of hydrogen-bond acceptors (Lipinski definition) is 3. The van der Waals surface area contributed by atoms with Crippen LogP contribution in [0.5, 0.6) is 5.75 Å². The van der Waals surface area contributed by atoms with Crippen molar-refractivity contribution in [3.8, 4) is 5.75 Å². The van der Waals surface area contributed by atoms with Gasteiger partial charge in [0.05, 0.1) is 12.4 Å². The highest BCUT2D eigenvalue weighted by molar-refractivity contribution is 8.00. The molecule has 23 heavy (non-hydrogen) atoms. The number of aryl methyl sites for hydroxylation is 1. The van der Waals surface area contributed by atoms with E-state index in [0.29, 0.717) is 5.75 Å². The van der Waals surface area contributed by atoms with Crippen molar-refractivity contribution in [1.82, 2.24) is 0 Å². The van der Waals surface area contributed by atoms with Gasteiger partial charge in [-0.1, -0.05) is 31.5 Å². The van der Waals surface area contributed by atoms with Crippen LogP contribution in [0.4, 0.5) is 5.69 Å². The van der Waals surface area contributed by atoms with Gasteiger partial charge in [0.15, 0.2) is 0 Å². The minimum atomic E-state index is -0.00194. The van der Waals surface area contributed by atoms with Crippen molar-refractivity contribution in [2.45, 2.75) is 31.6 Å². The Labute approximate surface area is 142 Å². The zero-order chi connectivity index (χ0) is 16.5. The average Bonchev–Trinajstić information content (AvgIpc) is 2.56. The van der Waals surface area contributed by atoms with E-state index in [4.69, 9.17) is 4.74 Å². The SMILES string of the molecule is CCCCOc1ccc(NC(=O)CSc2ccccc2C)cc1. The van der Waals surface area contributed by atoms with Crippen molar-refractivity contribution >= 4 is 23.4 Å². The minimum absolute atomic E-state index is 0.00194. The quantitative estimate of drug-likeness (QED) is 0.553. The largest absolute Gasteiger partial charge is 0.494 e. The first-order chi connectivity index (χ1) is 11.2. The van der Waals surface area contributed by atoms with Gasteiger partial charge in [-0.05, 0) is 49.2 Å². The molecule has 122 valence electrons. The highest BCUT2D eigenvalue weighted by atomic mass is 32.2. The van der Waals surface area contributed by atoms with Gasteiger partial charge in [0, 0.05) is 10.6 Å². The van der Waals surface area contributed by atoms with Crippen LogP contribution in [0.15, 0.2) is 53.4 Å². The standard InChI is InChI=1S/C19H23NO2S/c1-3-4-13-22-17-11-9-16(10-12-17)20-19(21)14-23-18-8-6-5-7-15(18)2/h5-12H,3-4,13-14H2,1-2H3,(H,20,21). The number of benzene rings is 2. The van der Waals surface area contributed by atoms with Gasteiger partial charge in [-0.3, -0.25) is 4.79 Å². The fourth-order valence-corrected chi connectivity index (χ4v) is 2.86. The number of carbonyl (C=O) groups excluding carboxylic acids is 1. The van der Waals surface area contributed by atoms with E-state index in [0.717, 1.165) is 35.8 Å². The number of nitrogens with one attached hydrogen (secondary N) is 1. The Hall–Kier alpha value is -1.94. The molecule has 0 aliphatic carbocycles. The third kappa shape index (κ3) is 5.99. The molecule has 0 aromatic heterocycles. The number of thioether (sulfide) groups is 1. The minimum Gasteiger partial charge on any atom is -0.494 e. The summed E-state index contributed by atoms with van der Waals surface area (Å²) in [5, 5.41) is 2.91. The van der Waals surface area contributed by atoms with E-state index in [2.05, 4.69) is 25.2 Å². The molecule has 0 unspecified atom stereocenters. The average molecular weight is 329 g/mol. The number of hydrogen-bond donors (Lipinski definition) is 1. The Kier molecular flexibility index (Phi) is 7.01. The summed E-state index contributed by atoms with van der Waals surface area (Å²) in [4.78, 5) is 13.2. The zero-order valence-electron chi connectivity index (χ0n) is 13.7. The molecule has 0 radical (unpaired) electrons. The first-order valence-corrected chi connectivity index (χ1v) is 8.88. The van der Waals surface area contributed by atoms with Gasteiger partial charge in [-0.15, -0.1) is 11.8 Å². The zero-order valence-corrected chi connectivity index (χ0v) is 14.5. The van der Waals surface area contributed by atoms with E-state index < -0.39 is 0 Å². The van der Waals surface area contributed by atoms with Crippen LogP contribution in [0.25, 0.3) is 0 Å². The van der Waals surface area contributed by atoms with Gasteiger partial charge < -0.3 is 10.1 Å². The Morgan fingerprint density at radius 1 is 1.13 bits per heavy atom. The number of rotatable bonds is 8. The number of ether oxygens (including phenoxy) is 1. The van der Waals surface area contributed by atoms with Gasteiger partial charge >= 0.3 is 0 Å². The Morgan fingerprint density at radius 2 is 1.87 bits per heavy atom. The number of unbranched alkanes of at least 4 members (excludes halogenated alkanes) is 1. The summed E-state index contributed by atoms with van der Waals surface area (Å²) in [5.41, 5.74) is 1.99. The van der Waals surface area contributed by atoms with Crippen LogP contribution < -0.4 is 10.1 Å². The van der Waals surface area contributed by atoms with Gasteiger partial charge in [0.2, 0.25) is 5.91 Å². The summed E-state index contributed by atoms with van der Waals surface area (Å²) >= 11 is 1.55. The van der Waals surface area contributed by atoms with E-state index in [1.807, 2.05) is 42.5 Å². The van der Waals surface area contributed by atoms with Crippen molar-refractivity contribution in [3.05, 3.63) is 54.1 Å². The summed E-state index contributed by atoms with van der Waals surface area (Å²) in [7, 11) is 0. The molecule has 0 atom stereocenters. The molecule has 1 N–H and O–H groups in total. The summed E-state index contributed by atoms with van der Waals surface area (Å²) in [6.45, 7) is 4.92. The molecule has 0 saturated heterocycles. The monoisotopic (exact) mass is 329 g/mol. The summed E-state index contributed by atoms with van der Waals surface area (Å²) in [6, 6.07) is 15.6. The van der Waals surface area contributed by atoms with Crippen molar-refractivity contribution < 1.29 is 9.53 Å². The molecule has 0 heterocycles.